The number of hydrogen-bond acceptors (Lipinski definition) is 4. The Bertz CT molecular complexity index is 1260. The van der Waals surface area contributed by atoms with E-state index in [4.69, 9.17) is 23.8 Å². The molecule has 0 saturated carbocycles. The summed E-state index contributed by atoms with van der Waals surface area (Å²) >= 11 is 12.0. The summed E-state index contributed by atoms with van der Waals surface area (Å²) in [6.45, 7) is 11.3. The Kier molecular flexibility index (Phi) is 5.93. The zero-order valence-corrected chi connectivity index (χ0v) is 20.9. The molecular formula is C26H26ClN3O2S. The molecule has 2 aliphatic heterocycles. The largest absolute Gasteiger partial charge is 0.363 e. The lowest BCUT2D eigenvalue weighted by molar-refractivity contribution is -0.122. The van der Waals surface area contributed by atoms with Gasteiger partial charge >= 0.3 is 0 Å². The van der Waals surface area contributed by atoms with Crippen molar-refractivity contribution in [1.82, 2.24) is 5.32 Å². The van der Waals surface area contributed by atoms with E-state index < -0.39 is 11.8 Å². The Hall–Kier alpha value is -2.96. The van der Waals surface area contributed by atoms with Crippen molar-refractivity contribution in [2.75, 3.05) is 16.3 Å². The van der Waals surface area contributed by atoms with Gasteiger partial charge in [0.1, 0.15) is 5.57 Å². The van der Waals surface area contributed by atoms with Crippen LogP contribution < -0.4 is 15.1 Å². The molecule has 0 aromatic heterocycles. The summed E-state index contributed by atoms with van der Waals surface area (Å²) in [6, 6.07) is 11.3. The van der Waals surface area contributed by atoms with Crippen LogP contribution in [-0.4, -0.2) is 29.0 Å². The molecule has 0 spiro atoms. The van der Waals surface area contributed by atoms with Gasteiger partial charge in [-0.1, -0.05) is 29.8 Å². The number of thiocarbonyl (C=S) groups is 1. The number of aryl methyl sites for hydroxylation is 1. The number of amides is 2. The fraction of sp³-hybridized carbons (Fsp3) is 0.269. The maximum absolute atomic E-state index is 13.4. The number of halogens is 1. The average molecular weight is 480 g/mol. The highest BCUT2D eigenvalue weighted by molar-refractivity contribution is 7.80. The first-order valence-corrected chi connectivity index (χ1v) is 11.6. The molecule has 1 N–H and O–H groups in total. The highest BCUT2D eigenvalue weighted by Gasteiger charge is 2.35. The molecule has 0 radical (unpaired) electrons. The fourth-order valence-corrected chi connectivity index (χ4v) is 5.11. The van der Waals surface area contributed by atoms with E-state index in [1.54, 1.807) is 12.1 Å². The summed E-state index contributed by atoms with van der Waals surface area (Å²) in [5, 5.41) is 3.16. The maximum Gasteiger partial charge on any atom is 0.270 e. The van der Waals surface area contributed by atoms with Gasteiger partial charge in [0.25, 0.3) is 11.8 Å². The van der Waals surface area contributed by atoms with Crippen LogP contribution in [0.1, 0.15) is 44.4 Å². The lowest BCUT2D eigenvalue weighted by Crippen LogP contribution is -2.54. The Labute approximate surface area is 204 Å². The topological polar surface area (TPSA) is 52.7 Å². The maximum atomic E-state index is 13.4. The molecule has 170 valence electrons. The molecule has 2 aliphatic rings. The minimum absolute atomic E-state index is 0.0166. The number of anilines is 2. The van der Waals surface area contributed by atoms with Gasteiger partial charge in [0.05, 0.1) is 11.2 Å². The summed E-state index contributed by atoms with van der Waals surface area (Å²) < 4.78 is 0. The van der Waals surface area contributed by atoms with Gasteiger partial charge in [-0.25, -0.2) is 0 Å². The third-order valence-corrected chi connectivity index (χ3v) is 6.69. The lowest BCUT2D eigenvalue weighted by Gasteiger charge is -2.43. The number of allylic oxidation sites excluding steroid dienone is 1. The van der Waals surface area contributed by atoms with Gasteiger partial charge in [0.15, 0.2) is 5.11 Å². The average Bonchev–Trinajstić information content (AvgIpc) is 2.71. The fourth-order valence-electron chi connectivity index (χ4n) is 4.62. The number of carbonyl (C=O) groups is 2. The van der Waals surface area contributed by atoms with E-state index in [0.29, 0.717) is 16.3 Å². The molecule has 1 fully saturated rings. The number of rotatable bonds is 3. The molecule has 2 aromatic carbocycles. The Morgan fingerprint density at radius 2 is 1.88 bits per heavy atom. The van der Waals surface area contributed by atoms with Crippen LogP contribution in [0.4, 0.5) is 11.4 Å². The molecule has 2 aromatic rings. The van der Waals surface area contributed by atoms with Gasteiger partial charge in [0.2, 0.25) is 0 Å². The smallest absolute Gasteiger partial charge is 0.270 e. The number of likely N-dealkylation sites (N-methyl/N-ethyl adjacent to an activating group) is 1. The predicted molar refractivity (Wildman–Crippen MR) is 140 cm³/mol. The standard InChI is InChI=1S/C26H26ClN3O2S/c1-6-29-22-13-21(27)17(11-19(22)16(3)14-26(29,4)5)12-20-23(31)28-25(33)30(24(20)32)18-9-7-8-15(2)10-18/h7-14H,6H2,1-5H3,(H,28,31,33)/b20-12-. The van der Waals surface area contributed by atoms with Crippen molar-refractivity contribution in [3.63, 3.8) is 0 Å². The highest BCUT2D eigenvalue weighted by atomic mass is 35.5. The molecule has 1 saturated heterocycles. The second-order valence-electron chi connectivity index (χ2n) is 8.91. The number of hydrogen-bond donors (Lipinski definition) is 1. The first kappa shape index (κ1) is 23.2. The van der Waals surface area contributed by atoms with Crippen molar-refractivity contribution in [1.29, 1.82) is 0 Å². The van der Waals surface area contributed by atoms with E-state index >= 15 is 0 Å². The van der Waals surface area contributed by atoms with Crippen molar-refractivity contribution in [2.24, 2.45) is 0 Å². The Balaban J connectivity index is 1.80. The molecule has 0 aliphatic carbocycles. The highest BCUT2D eigenvalue weighted by Crippen LogP contribution is 2.41. The predicted octanol–water partition coefficient (Wildman–Crippen LogP) is 5.50. The molecule has 33 heavy (non-hydrogen) atoms. The van der Waals surface area contributed by atoms with Crippen LogP contribution in [0.25, 0.3) is 11.6 Å². The molecule has 5 nitrogen and oxygen atoms in total. The second kappa shape index (κ2) is 8.43. The van der Waals surface area contributed by atoms with Crippen LogP contribution in [0.5, 0.6) is 0 Å². The van der Waals surface area contributed by atoms with Gasteiger partial charge < -0.3 is 4.90 Å². The van der Waals surface area contributed by atoms with Crippen LogP contribution in [0, 0.1) is 6.92 Å². The Morgan fingerprint density at radius 1 is 1.15 bits per heavy atom. The number of nitrogens with one attached hydrogen (secondary N) is 1. The van der Waals surface area contributed by atoms with Gasteiger partial charge in [-0.2, -0.15) is 0 Å². The normalized spacial score (nSPS) is 18.9. The molecule has 2 heterocycles. The summed E-state index contributed by atoms with van der Waals surface area (Å²) in [5.74, 6) is -1.02. The molecular weight excluding hydrogens is 454 g/mol. The SMILES string of the molecule is CCN1c2cc(Cl)c(/C=C3/C(=O)NC(=S)N(c4cccc(C)c4)C3=O)cc2C(C)=CC1(C)C. The summed E-state index contributed by atoms with van der Waals surface area (Å²) in [6.07, 6.45) is 3.77. The molecule has 0 unspecified atom stereocenters. The first-order valence-electron chi connectivity index (χ1n) is 10.8. The van der Waals surface area contributed by atoms with Crippen LogP contribution in [0.15, 0.2) is 48.0 Å². The minimum atomic E-state index is -0.536. The third kappa shape index (κ3) is 4.09. The minimum Gasteiger partial charge on any atom is -0.363 e. The number of nitrogens with zero attached hydrogens (tertiary/aromatic N) is 2. The first-order chi connectivity index (χ1) is 15.5. The van der Waals surface area contributed by atoms with E-state index in [0.717, 1.165) is 28.9 Å². The Morgan fingerprint density at radius 3 is 2.55 bits per heavy atom. The van der Waals surface area contributed by atoms with Crippen molar-refractivity contribution in [2.45, 2.75) is 40.2 Å². The monoisotopic (exact) mass is 479 g/mol. The summed E-state index contributed by atoms with van der Waals surface area (Å²) in [7, 11) is 0. The summed E-state index contributed by atoms with van der Waals surface area (Å²) in [5.41, 5.74) is 5.22. The van der Waals surface area contributed by atoms with Gasteiger partial charge in [-0.3, -0.25) is 19.8 Å². The van der Waals surface area contributed by atoms with Crippen molar-refractivity contribution in [3.05, 3.63) is 69.8 Å². The quantitative estimate of drug-likeness (QED) is 0.358. The van der Waals surface area contributed by atoms with E-state index in [1.165, 1.54) is 4.90 Å². The van der Waals surface area contributed by atoms with Crippen LogP contribution in [0.2, 0.25) is 5.02 Å². The second-order valence-corrected chi connectivity index (χ2v) is 9.71. The molecule has 0 atom stereocenters. The van der Waals surface area contributed by atoms with Gasteiger partial charge in [-0.15, -0.1) is 0 Å². The van der Waals surface area contributed by atoms with E-state index in [-0.39, 0.29) is 16.2 Å². The summed E-state index contributed by atoms with van der Waals surface area (Å²) in [4.78, 5) is 29.7. The van der Waals surface area contributed by atoms with Crippen LogP contribution in [-0.2, 0) is 9.59 Å². The van der Waals surface area contributed by atoms with E-state index in [1.807, 2.05) is 37.3 Å². The van der Waals surface area contributed by atoms with E-state index in [2.05, 4.69) is 44.0 Å². The molecule has 0 bridgehead atoms. The lowest BCUT2D eigenvalue weighted by atomic mass is 9.87. The van der Waals surface area contributed by atoms with E-state index in [9.17, 15) is 9.59 Å². The van der Waals surface area contributed by atoms with Gasteiger partial charge in [0, 0.05) is 22.8 Å². The molecule has 4 rings (SSSR count). The zero-order chi connectivity index (χ0) is 24.1. The zero-order valence-electron chi connectivity index (χ0n) is 19.3. The molecule has 2 amide bonds. The van der Waals surface area contributed by atoms with Gasteiger partial charge in [-0.05, 0) is 93.9 Å². The van der Waals surface area contributed by atoms with Crippen LogP contribution in [0.3, 0.4) is 0 Å². The van der Waals surface area contributed by atoms with Crippen molar-refractivity contribution >= 4 is 63.8 Å². The van der Waals surface area contributed by atoms with Crippen molar-refractivity contribution in [3.8, 4) is 0 Å². The van der Waals surface area contributed by atoms with Crippen LogP contribution >= 0.6 is 23.8 Å². The number of fused-ring (bicyclic) bond motifs is 1. The molecule has 7 heteroatoms. The van der Waals surface area contributed by atoms with Crippen molar-refractivity contribution < 1.29 is 9.59 Å². The number of carbonyl (C=O) groups excluding carboxylic acids is 2. The third-order valence-electron chi connectivity index (χ3n) is 6.07. The number of benzene rings is 2.